The van der Waals surface area contributed by atoms with E-state index in [9.17, 15) is 9.59 Å². The summed E-state index contributed by atoms with van der Waals surface area (Å²) in [5.41, 5.74) is 0. The van der Waals surface area contributed by atoms with E-state index < -0.39 is 0 Å². The summed E-state index contributed by atoms with van der Waals surface area (Å²) in [6.45, 7) is 7.35. The minimum atomic E-state index is -0.351. The van der Waals surface area contributed by atoms with Crippen LogP contribution in [0.3, 0.4) is 0 Å². The molecule has 2 aliphatic heterocycles. The first-order valence-corrected chi connectivity index (χ1v) is 7.20. The molecule has 19 heavy (non-hydrogen) atoms. The second-order valence-electron chi connectivity index (χ2n) is 6.26. The van der Waals surface area contributed by atoms with E-state index in [2.05, 4.69) is 24.2 Å². The van der Waals surface area contributed by atoms with Gasteiger partial charge in [0.15, 0.2) is 0 Å². The van der Waals surface area contributed by atoms with Crippen molar-refractivity contribution in [3.05, 3.63) is 0 Å². The number of piperidine rings is 1. The molecule has 5 nitrogen and oxygen atoms in total. The molecule has 2 saturated heterocycles. The van der Waals surface area contributed by atoms with E-state index in [0.29, 0.717) is 6.04 Å². The molecule has 0 aliphatic carbocycles. The fourth-order valence-electron chi connectivity index (χ4n) is 3.00. The van der Waals surface area contributed by atoms with E-state index in [1.165, 1.54) is 0 Å². The zero-order chi connectivity index (χ0) is 14.2. The number of amides is 2. The Bertz CT molecular complexity index is 370. The van der Waals surface area contributed by atoms with Crippen LogP contribution in [0, 0.1) is 5.92 Å². The largest absolute Gasteiger partial charge is 0.343 e. The Morgan fingerprint density at radius 1 is 1.32 bits per heavy atom. The molecular formula is C14H25N3O2. The summed E-state index contributed by atoms with van der Waals surface area (Å²) in [4.78, 5) is 28.4. The summed E-state index contributed by atoms with van der Waals surface area (Å²) in [6.07, 6.45) is 1.92. The van der Waals surface area contributed by atoms with Gasteiger partial charge in [0.05, 0.1) is 6.54 Å². The van der Waals surface area contributed by atoms with E-state index in [1.54, 1.807) is 0 Å². The Labute approximate surface area is 115 Å². The van der Waals surface area contributed by atoms with E-state index in [0.717, 1.165) is 19.4 Å². The number of hydrogen-bond donors (Lipinski definition) is 1. The van der Waals surface area contributed by atoms with Crippen molar-refractivity contribution in [1.82, 2.24) is 15.1 Å². The summed E-state index contributed by atoms with van der Waals surface area (Å²) < 4.78 is 0. The standard InChI is InChI=1S/C14H25N3O2/c1-9(2)13-14(19)17(8-12(18)15-13)11-5-6-16(4)10(3)7-11/h9-11,13H,5-8H2,1-4H3,(H,15,18). The molecule has 108 valence electrons. The Kier molecular flexibility index (Phi) is 4.13. The molecule has 2 fully saturated rings. The summed E-state index contributed by atoms with van der Waals surface area (Å²) >= 11 is 0. The molecule has 0 aromatic heterocycles. The van der Waals surface area contributed by atoms with Crippen LogP contribution in [0.4, 0.5) is 0 Å². The molecular weight excluding hydrogens is 242 g/mol. The van der Waals surface area contributed by atoms with Gasteiger partial charge in [0.2, 0.25) is 11.8 Å². The van der Waals surface area contributed by atoms with Crippen molar-refractivity contribution in [3.8, 4) is 0 Å². The monoisotopic (exact) mass is 267 g/mol. The first kappa shape index (κ1) is 14.3. The number of rotatable bonds is 2. The van der Waals surface area contributed by atoms with Gasteiger partial charge in [-0.3, -0.25) is 9.59 Å². The molecule has 5 heteroatoms. The maximum atomic E-state index is 12.5. The molecule has 2 heterocycles. The van der Waals surface area contributed by atoms with Crippen LogP contribution in [0.15, 0.2) is 0 Å². The SMILES string of the molecule is CC(C)C1NC(=O)CN(C2CCN(C)C(C)C2)C1=O. The number of carbonyl (C=O) groups excluding carboxylic acids is 2. The van der Waals surface area contributed by atoms with Crippen LogP contribution < -0.4 is 5.32 Å². The fourth-order valence-corrected chi connectivity index (χ4v) is 3.00. The number of piperazine rings is 1. The van der Waals surface area contributed by atoms with Crippen LogP contribution in [0.1, 0.15) is 33.6 Å². The smallest absolute Gasteiger partial charge is 0.246 e. The van der Waals surface area contributed by atoms with Gasteiger partial charge in [-0.25, -0.2) is 0 Å². The quantitative estimate of drug-likeness (QED) is 0.790. The van der Waals surface area contributed by atoms with Crippen LogP contribution in [-0.4, -0.2) is 59.9 Å². The zero-order valence-electron chi connectivity index (χ0n) is 12.3. The highest BCUT2D eigenvalue weighted by molar-refractivity contribution is 5.95. The molecule has 0 spiro atoms. The minimum Gasteiger partial charge on any atom is -0.343 e. The number of likely N-dealkylation sites (tertiary alicyclic amines) is 1. The molecule has 3 atom stereocenters. The average molecular weight is 267 g/mol. The van der Waals surface area contributed by atoms with Gasteiger partial charge in [0.25, 0.3) is 0 Å². The third kappa shape index (κ3) is 2.91. The lowest BCUT2D eigenvalue weighted by atomic mass is 9.93. The van der Waals surface area contributed by atoms with Crippen LogP contribution in [0.25, 0.3) is 0 Å². The summed E-state index contributed by atoms with van der Waals surface area (Å²) in [5, 5.41) is 2.81. The van der Waals surface area contributed by atoms with Gasteiger partial charge in [0, 0.05) is 18.6 Å². The Morgan fingerprint density at radius 2 is 2.00 bits per heavy atom. The molecule has 3 unspecified atom stereocenters. The Morgan fingerprint density at radius 3 is 2.58 bits per heavy atom. The molecule has 2 aliphatic rings. The van der Waals surface area contributed by atoms with Crippen LogP contribution in [-0.2, 0) is 9.59 Å². The predicted molar refractivity (Wildman–Crippen MR) is 73.6 cm³/mol. The molecule has 0 aromatic rings. The summed E-state index contributed by atoms with van der Waals surface area (Å²) in [7, 11) is 2.11. The van der Waals surface area contributed by atoms with Crippen molar-refractivity contribution in [3.63, 3.8) is 0 Å². The zero-order valence-corrected chi connectivity index (χ0v) is 12.3. The average Bonchev–Trinajstić information content (AvgIpc) is 2.35. The van der Waals surface area contributed by atoms with Gasteiger partial charge >= 0.3 is 0 Å². The van der Waals surface area contributed by atoms with Crippen LogP contribution in [0.5, 0.6) is 0 Å². The molecule has 1 N–H and O–H groups in total. The van der Waals surface area contributed by atoms with Gasteiger partial charge < -0.3 is 15.1 Å². The second kappa shape index (κ2) is 5.49. The van der Waals surface area contributed by atoms with Gasteiger partial charge in [0.1, 0.15) is 6.04 Å². The van der Waals surface area contributed by atoms with Crippen LogP contribution in [0.2, 0.25) is 0 Å². The summed E-state index contributed by atoms with van der Waals surface area (Å²) in [6, 6.07) is 0.330. The molecule has 2 rings (SSSR count). The van der Waals surface area contributed by atoms with Crippen molar-refractivity contribution in [2.24, 2.45) is 5.92 Å². The number of nitrogens with zero attached hydrogens (tertiary/aromatic N) is 2. The minimum absolute atomic E-state index is 0.0233. The lowest BCUT2D eigenvalue weighted by Crippen LogP contribution is -2.63. The Balaban J connectivity index is 2.10. The third-order valence-corrected chi connectivity index (χ3v) is 4.47. The lowest BCUT2D eigenvalue weighted by molar-refractivity contribution is -0.149. The van der Waals surface area contributed by atoms with Crippen molar-refractivity contribution >= 4 is 11.8 Å². The summed E-state index contributed by atoms with van der Waals surface area (Å²) in [5.74, 6) is 0.212. The van der Waals surface area contributed by atoms with E-state index in [4.69, 9.17) is 0 Å². The maximum absolute atomic E-state index is 12.5. The molecule has 0 radical (unpaired) electrons. The number of nitrogens with one attached hydrogen (secondary N) is 1. The first-order valence-electron chi connectivity index (χ1n) is 7.20. The maximum Gasteiger partial charge on any atom is 0.246 e. The predicted octanol–water partition coefficient (Wildman–Crippen LogP) is 0.452. The van der Waals surface area contributed by atoms with Crippen molar-refractivity contribution in [2.75, 3.05) is 20.1 Å². The van der Waals surface area contributed by atoms with Crippen LogP contribution >= 0.6 is 0 Å². The van der Waals surface area contributed by atoms with Gasteiger partial charge in [-0.05, 0) is 32.7 Å². The highest BCUT2D eigenvalue weighted by atomic mass is 16.2. The lowest BCUT2D eigenvalue weighted by Gasteiger charge is -2.44. The van der Waals surface area contributed by atoms with Crippen molar-refractivity contribution < 1.29 is 9.59 Å². The molecule has 0 saturated carbocycles. The van der Waals surface area contributed by atoms with E-state index in [1.807, 2.05) is 18.7 Å². The second-order valence-corrected chi connectivity index (χ2v) is 6.26. The molecule has 0 bridgehead atoms. The highest BCUT2D eigenvalue weighted by Crippen LogP contribution is 2.23. The van der Waals surface area contributed by atoms with Gasteiger partial charge in [-0.2, -0.15) is 0 Å². The van der Waals surface area contributed by atoms with Crippen molar-refractivity contribution in [2.45, 2.75) is 51.7 Å². The third-order valence-electron chi connectivity index (χ3n) is 4.47. The topological polar surface area (TPSA) is 52.7 Å². The van der Waals surface area contributed by atoms with E-state index in [-0.39, 0.29) is 36.4 Å². The number of carbonyl (C=O) groups is 2. The Hall–Kier alpha value is -1.10. The first-order chi connectivity index (χ1) is 8.90. The number of hydrogen-bond acceptors (Lipinski definition) is 3. The highest BCUT2D eigenvalue weighted by Gasteiger charge is 2.39. The molecule has 2 amide bonds. The van der Waals surface area contributed by atoms with E-state index >= 15 is 0 Å². The van der Waals surface area contributed by atoms with Gasteiger partial charge in [-0.15, -0.1) is 0 Å². The molecule has 0 aromatic carbocycles. The normalized spacial score (nSPS) is 33.7. The fraction of sp³-hybridized carbons (Fsp3) is 0.857. The van der Waals surface area contributed by atoms with Crippen molar-refractivity contribution in [1.29, 1.82) is 0 Å². The van der Waals surface area contributed by atoms with Gasteiger partial charge in [-0.1, -0.05) is 13.8 Å².